The van der Waals surface area contributed by atoms with Crippen molar-refractivity contribution in [2.75, 3.05) is 6.54 Å². The fourth-order valence-corrected chi connectivity index (χ4v) is 3.82. The number of ether oxygens (including phenoxy) is 1. The van der Waals surface area contributed by atoms with Gasteiger partial charge < -0.3 is 10.5 Å². The molecule has 0 spiro atoms. The molecule has 18 heavy (non-hydrogen) atoms. The Labute approximate surface area is 113 Å². The average Bonchev–Trinajstić information content (AvgIpc) is 2.65. The summed E-state index contributed by atoms with van der Waals surface area (Å²) in [5.74, 6) is 0.893. The Hall–Kier alpha value is -0.0800. The van der Waals surface area contributed by atoms with Crippen LogP contribution in [-0.4, -0.2) is 18.2 Å². The summed E-state index contributed by atoms with van der Waals surface area (Å²) >= 11 is 0. The zero-order chi connectivity index (χ0) is 12.8. The van der Waals surface area contributed by atoms with Gasteiger partial charge in [0.1, 0.15) is 0 Å². The summed E-state index contributed by atoms with van der Waals surface area (Å²) in [7, 11) is 0. The number of nitrogens with two attached hydrogens (primary N) is 1. The van der Waals surface area contributed by atoms with Crippen molar-refractivity contribution in [1.82, 2.24) is 0 Å². The van der Waals surface area contributed by atoms with Crippen LogP contribution in [0, 0.1) is 5.92 Å². The van der Waals surface area contributed by atoms with Crippen LogP contribution in [0.15, 0.2) is 0 Å². The highest BCUT2D eigenvalue weighted by atomic mass is 16.5. The third kappa shape index (κ3) is 3.71. The van der Waals surface area contributed by atoms with Crippen LogP contribution < -0.4 is 5.73 Å². The number of hydrogen-bond donors (Lipinski definition) is 1. The molecule has 2 fully saturated rings. The van der Waals surface area contributed by atoms with E-state index >= 15 is 0 Å². The molecule has 0 aliphatic heterocycles. The molecular formula is C16H31NO. The second kappa shape index (κ2) is 6.91. The van der Waals surface area contributed by atoms with E-state index in [1.165, 1.54) is 70.6 Å². The lowest BCUT2D eigenvalue weighted by Crippen LogP contribution is -2.44. The first kappa shape index (κ1) is 14.3. The topological polar surface area (TPSA) is 35.2 Å². The second-order valence-electron chi connectivity index (χ2n) is 6.48. The third-order valence-corrected chi connectivity index (χ3v) is 5.12. The highest BCUT2D eigenvalue weighted by molar-refractivity contribution is 4.87. The predicted octanol–water partition coefficient (Wildman–Crippen LogP) is 4.02. The quantitative estimate of drug-likeness (QED) is 0.768. The molecule has 2 N–H and O–H groups in total. The van der Waals surface area contributed by atoms with Crippen LogP contribution in [-0.2, 0) is 4.74 Å². The van der Waals surface area contributed by atoms with Crippen LogP contribution in [0.2, 0.25) is 0 Å². The minimum Gasteiger partial charge on any atom is -0.370 e. The molecule has 0 radical (unpaired) electrons. The molecule has 2 atom stereocenters. The van der Waals surface area contributed by atoms with Crippen molar-refractivity contribution in [3.05, 3.63) is 0 Å². The molecule has 2 aliphatic carbocycles. The summed E-state index contributed by atoms with van der Waals surface area (Å²) in [6, 6.07) is 0. The second-order valence-corrected chi connectivity index (χ2v) is 6.48. The predicted molar refractivity (Wildman–Crippen MR) is 76.6 cm³/mol. The molecule has 106 valence electrons. The highest BCUT2D eigenvalue weighted by Crippen LogP contribution is 2.36. The smallest absolute Gasteiger partial charge is 0.0807 e. The van der Waals surface area contributed by atoms with Crippen molar-refractivity contribution in [2.45, 2.75) is 89.3 Å². The molecule has 2 aliphatic rings. The molecule has 0 bridgehead atoms. The Morgan fingerprint density at radius 2 is 1.78 bits per heavy atom. The number of rotatable bonds is 4. The SMILES string of the molecule is CCC1CCCC(OC2(CN)CCCCCC2)C1. The normalized spacial score (nSPS) is 33.0. The molecule has 0 heterocycles. The lowest BCUT2D eigenvalue weighted by molar-refractivity contribution is -0.114. The zero-order valence-corrected chi connectivity index (χ0v) is 12.1. The summed E-state index contributed by atoms with van der Waals surface area (Å²) in [4.78, 5) is 0. The lowest BCUT2D eigenvalue weighted by atomic mass is 9.84. The van der Waals surface area contributed by atoms with Gasteiger partial charge in [0.15, 0.2) is 0 Å². The van der Waals surface area contributed by atoms with Gasteiger partial charge in [-0.2, -0.15) is 0 Å². The van der Waals surface area contributed by atoms with E-state index in [0.717, 1.165) is 12.5 Å². The Balaban J connectivity index is 1.91. The van der Waals surface area contributed by atoms with Gasteiger partial charge in [0.2, 0.25) is 0 Å². The first-order valence-corrected chi connectivity index (χ1v) is 8.16. The Kier molecular flexibility index (Phi) is 5.50. The molecule has 0 aromatic heterocycles. The molecule has 2 rings (SSSR count). The van der Waals surface area contributed by atoms with Gasteiger partial charge in [0, 0.05) is 6.54 Å². The largest absolute Gasteiger partial charge is 0.370 e. The Bertz CT molecular complexity index is 233. The molecule has 0 aromatic rings. The van der Waals surface area contributed by atoms with E-state index in [-0.39, 0.29) is 5.60 Å². The summed E-state index contributed by atoms with van der Waals surface area (Å²) in [5, 5.41) is 0. The Morgan fingerprint density at radius 3 is 2.39 bits per heavy atom. The van der Waals surface area contributed by atoms with E-state index in [1.54, 1.807) is 0 Å². The van der Waals surface area contributed by atoms with Gasteiger partial charge in [-0.15, -0.1) is 0 Å². The van der Waals surface area contributed by atoms with Crippen molar-refractivity contribution in [1.29, 1.82) is 0 Å². The summed E-state index contributed by atoms with van der Waals surface area (Å²) in [6.07, 6.45) is 14.8. The maximum atomic E-state index is 6.56. The van der Waals surface area contributed by atoms with E-state index in [2.05, 4.69) is 6.92 Å². The van der Waals surface area contributed by atoms with Crippen LogP contribution in [0.3, 0.4) is 0 Å². The van der Waals surface area contributed by atoms with E-state index < -0.39 is 0 Å². The molecule has 2 saturated carbocycles. The fraction of sp³-hybridized carbons (Fsp3) is 1.00. The minimum absolute atomic E-state index is 0.0246. The molecule has 2 unspecified atom stereocenters. The summed E-state index contributed by atoms with van der Waals surface area (Å²) < 4.78 is 6.56. The van der Waals surface area contributed by atoms with Gasteiger partial charge in [-0.3, -0.25) is 0 Å². The summed E-state index contributed by atoms with van der Waals surface area (Å²) in [5.41, 5.74) is 6.09. The third-order valence-electron chi connectivity index (χ3n) is 5.12. The molecule has 0 amide bonds. The van der Waals surface area contributed by atoms with Crippen molar-refractivity contribution in [3.8, 4) is 0 Å². The lowest BCUT2D eigenvalue weighted by Gasteiger charge is -2.39. The van der Waals surface area contributed by atoms with Crippen LogP contribution in [0.1, 0.15) is 77.6 Å². The Morgan fingerprint density at radius 1 is 1.06 bits per heavy atom. The van der Waals surface area contributed by atoms with Crippen LogP contribution in [0.5, 0.6) is 0 Å². The van der Waals surface area contributed by atoms with Gasteiger partial charge in [0.05, 0.1) is 11.7 Å². The van der Waals surface area contributed by atoms with E-state index in [1.807, 2.05) is 0 Å². The molecule has 0 aromatic carbocycles. The van der Waals surface area contributed by atoms with Gasteiger partial charge in [-0.1, -0.05) is 51.9 Å². The monoisotopic (exact) mass is 253 g/mol. The maximum absolute atomic E-state index is 6.56. The number of hydrogen-bond acceptors (Lipinski definition) is 2. The summed E-state index contributed by atoms with van der Waals surface area (Å²) in [6.45, 7) is 3.04. The van der Waals surface area contributed by atoms with Crippen molar-refractivity contribution < 1.29 is 4.74 Å². The van der Waals surface area contributed by atoms with Crippen molar-refractivity contribution in [3.63, 3.8) is 0 Å². The van der Waals surface area contributed by atoms with E-state index in [0.29, 0.717) is 6.10 Å². The molecular weight excluding hydrogens is 222 g/mol. The molecule has 2 heteroatoms. The fourth-order valence-electron chi connectivity index (χ4n) is 3.82. The van der Waals surface area contributed by atoms with Crippen LogP contribution >= 0.6 is 0 Å². The van der Waals surface area contributed by atoms with E-state index in [9.17, 15) is 0 Å². The van der Waals surface area contributed by atoms with Crippen molar-refractivity contribution >= 4 is 0 Å². The molecule has 2 nitrogen and oxygen atoms in total. The van der Waals surface area contributed by atoms with Gasteiger partial charge in [-0.25, -0.2) is 0 Å². The zero-order valence-electron chi connectivity index (χ0n) is 12.1. The molecule has 0 saturated heterocycles. The first-order valence-electron chi connectivity index (χ1n) is 8.16. The van der Waals surface area contributed by atoms with Gasteiger partial charge in [-0.05, 0) is 31.6 Å². The van der Waals surface area contributed by atoms with E-state index in [4.69, 9.17) is 10.5 Å². The van der Waals surface area contributed by atoms with Crippen LogP contribution in [0.25, 0.3) is 0 Å². The first-order chi connectivity index (χ1) is 8.78. The van der Waals surface area contributed by atoms with Gasteiger partial charge in [0.25, 0.3) is 0 Å². The van der Waals surface area contributed by atoms with Gasteiger partial charge >= 0.3 is 0 Å². The standard InChI is InChI=1S/C16H31NO/c1-2-14-8-7-9-15(12-14)18-16(13-17)10-5-3-4-6-11-16/h14-15H,2-13,17H2,1H3. The highest BCUT2D eigenvalue weighted by Gasteiger charge is 2.34. The average molecular weight is 253 g/mol. The van der Waals surface area contributed by atoms with Crippen molar-refractivity contribution in [2.24, 2.45) is 11.7 Å². The van der Waals surface area contributed by atoms with Crippen LogP contribution in [0.4, 0.5) is 0 Å². The maximum Gasteiger partial charge on any atom is 0.0807 e. The minimum atomic E-state index is 0.0246.